The molecule has 0 aliphatic heterocycles. The van der Waals surface area contributed by atoms with Crippen LogP contribution in [0, 0.1) is 22.7 Å². The summed E-state index contributed by atoms with van der Waals surface area (Å²) in [6.07, 6.45) is 1.12. The van der Waals surface area contributed by atoms with E-state index in [4.69, 9.17) is 8.92 Å². The van der Waals surface area contributed by atoms with Crippen molar-refractivity contribution < 1.29 is 35.3 Å². The number of halogens is 3. The van der Waals surface area contributed by atoms with E-state index >= 15 is 0 Å². The van der Waals surface area contributed by atoms with Crippen LogP contribution in [0.1, 0.15) is 38.5 Å². The van der Waals surface area contributed by atoms with Crippen LogP contribution in [0.2, 0.25) is 0 Å². The van der Waals surface area contributed by atoms with E-state index < -0.39 is 33.3 Å². The fraction of sp³-hybridized carbons (Fsp3) is 0.824. The molecule has 9 heteroatoms. The Morgan fingerprint density at radius 1 is 1.12 bits per heavy atom. The number of carbonyl (C=O) groups is 1. The van der Waals surface area contributed by atoms with Crippen LogP contribution in [-0.4, -0.2) is 40.0 Å². The predicted octanol–water partition coefficient (Wildman–Crippen LogP) is 3.21. The molecular weight excluding hydrogens is 373 g/mol. The smallest absolute Gasteiger partial charge is 0.422 e. The molecule has 0 N–H and O–H groups in total. The van der Waals surface area contributed by atoms with Crippen LogP contribution in [0.15, 0.2) is 12.2 Å². The molecule has 148 valence electrons. The van der Waals surface area contributed by atoms with Crippen LogP contribution < -0.4 is 0 Å². The molecule has 0 saturated heterocycles. The van der Waals surface area contributed by atoms with Crippen LogP contribution in [0.5, 0.6) is 0 Å². The zero-order chi connectivity index (χ0) is 19.4. The van der Waals surface area contributed by atoms with Gasteiger partial charge in [-0.2, -0.15) is 21.6 Å². The van der Waals surface area contributed by atoms with Crippen molar-refractivity contribution in [2.24, 2.45) is 22.7 Å². The first-order valence-electron chi connectivity index (χ1n) is 8.59. The minimum absolute atomic E-state index is 0.0871. The summed E-state index contributed by atoms with van der Waals surface area (Å²) in [5.74, 6) is -0.706. The summed E-state index contributed by atoms with van der Waals surface area (Å²) in [5.41, 5.74) is -2.20. The van der Waals surface area contributed by atoms with Crippen LogP contribution >= 0.6 is 0 Å². The molecular formula is C17H23F3O5S. The number of carbonyl (C=O) groups excluding carboxylic acids is 1. The summed E-state index contributed by atoms with van der Waals surface area (Å²) in [6, 6.07) is 0. The fourth-order valence-corrected chi connectivity index (χ4v) is 6.10. The molecule has 0 aromatic heterocycles. The average molecular weight is 396 g/mol. The van der Waals surface area contributed by atoms with E-state index in [2.05, 4.69) is 6.58 Å². The minimum Gasteiger partial charge on any atom is -0.462 e. The monoisotopic (exact) mass is 396 g/mol. The standard InChI is InChI=1S/C17H23F3O5S/c1-11(17(18,19)20)14(21)24-9-15-4-12-3-13(5-15)7-16(6-12,8-15)10-25-26(2,22)23/h12-13H,1,3-10H2,2H3. The largest absolute Gasteiger partial charge is 0.462 e. The first kappa shape index (κ1) is 19.7. The Bertz CT molecular complexity index is 698. The van der Waals surface area contributed by atoms with Gasteiger partial charge in [0.15, 0.2) is 0 Å². The Labute approximate surface area is 151 Å². The minimum atomic E-state index is -4.80. The Balaban J connectivity index is 1.70. The molecule has 0 spiro atoms. The number of ether oxygens (including phenoxy) is 1. The lowest BCUT2D eigenvalue weighted by Gasteiger charge is -2.61. The van der Waals surface area contributed by atoms with Crippen molar-refractivity contribution in [3.05, 3.63) is 12.2 Å². The van der Waals surface area contributed by atoms with Gasteiger partial charge in [-0.15, -0.1) is 0 Å². The van der Waals surface area contributed by atoms with Gasteiger partial charge in [0.05, 0.1) is 19.5 Å². The Kier molecular flexibility index (Phi) is 4.71. The van der Waals surface area contributed by atoms with E-state index in [-0.39, 0.29) is 18.6 Å². The summed E-state index contributed by atoms with van der Waals surface area (Å²) in [7, 11) is -3.56. The summed E-state index contributed by atoms with van der Waals surface area (Å²) in [6.45, 7) is 2.77. The highest BCUT2D eigenvalue weighted by atomic mass is 32.2. The van der Waals surface area contributed by atoms with Crippen LogP contribution in [0.3, 0.4) is 0 Å². The highest BCUT2D eigenvalue weighted by Gasteiger charge is 2.58. The molecule has 2 unspecified atom stereocenters. The van der Waals surface area contributed by atoms with Gasteiger partial charge in [0.25, 0.3) is 10.1 Å². The van der Waals surface area contributed by atoms with Gasteiger partial charge in [0, 0.05) is 5.41 Å². The second kappa shape index (κ2) is 6.22. The SMILES string of the molecule is C=C(C(=O)OCC12CC3CC(C1)CC(COS(C)(=O)=O)(C3)C2)C(F)(F)F. The molecule has 0 aromatic rings. The summed E-state index contributed by atoms with van der Waals surface area (Å²) < 4.78 is 70.6. The second-order valence-electron chi connectivity index (χ2n) is 8.48. The molecule has 26 heavy (non-hydrogen) atoms. The molecule has 0 aromatic carbocycles. The number of esters is 1. The van der Waals surface area contributed by atoms with Gasteiger partial charge in [0.1, 0.15) is 5.57 Å². The van der Waals surface area contributed by atoms with Crippen molar-refractivity contribution in [2.45, 2.75) is 44.7 Å². The number of rotatable bonds is 6. The molecule has 4 rings (SSSR count). The molecule has 4 saturated carbocycles. The van der Waals surface area contributed by atoms with E-state index in [9.17, 15) is 26.4 Å². The Morgan fingerprint density at radius 3 is 2.08 bits per heavy atom. The quantitative estimate of drug-likeness (QED) is 0.392. The third-order valence-corrected chi connectivity index (χ3v) is 6.53. The van der Waals surface area contributed by atoms with Crippen LogP contribution in [-0.2, 0) is 23.8 Å². The molecule has 4 aliphatic rings. The van der Waals surface area contributed by atoms with Gasteiger partial charge < -0.3 is 4.74 Å². The number of hydrogen-bond donors (Lipinski definition) is 0. The van der Waals surface area contributed by atoms with Gasteiger partial charge in [-0.25, -0.2) is 4.79 Å². The van der Waals surface area contributed by atoms with E-state index in [1.165, 1.54) is 0 Å². The molecule has 5 nitrogen and oxygen atoms in total. The van der Waals surface area contributed by atoms with E-state index in [0.717, 1.165) is 38.4 Å². The lowest BCUT2D eigenvalue weighted by atomic mass is 9.44. The molecule has 0 heterocycles. The third-order valence-electron chi connectivity index (χ3n) is 5.98. The topological polar surface area (TPSA) is 69.7 Å². The first-order chi connectivity index (χ1) is 11.8. The van der Waals surface area contributed by atoms with E-state index in [0.29, 0.717) is 18.3 Å². The van der Waals surface area contributed by atoms with Gasteiger partial charge in [-0.3, -0.25) is 4.18 Å². The Hall–Kier alpha value is -1.09. The predicted molar refractivity (Wildman–Crippen MR) is 86.5 cm³/mol. The van der Waals surface area contributed by atoms with E-state index in [1.54, 1.807) is 0 Å². The van der Waals surface area contributed by atoms with Crippen molar-refractivity contribution in [2.75, 3.05) is 19.5 Å². The maximum Gasteiger partial charge on any atom is 0.422 e. The highest BCUT2D eigenvalue weighted by Crippen LogP contribution is 2.65. The van der Waals surface area contributed by atoms with Crippen molar-refractivity contribution in [1.82, 2.24) is 0 Å². The summed E-state index contributed by atoms with van der Waals surface area (Å²) >= 11 is 0. The van der Waals surface area contributed by atoms with Crippen molar-refractivity contribution >= 4 is 16.1 Å². The number of alkyl halides is 3. The van der Waals surface area contributed by atoms with E-state index in [1.807, 2.05) is 0 Å². The van der Waals surface area contributed by atoms with Gasteiger partial charge in [-0.05, 0) is 55.8 Å². The van der Waals surface area contributed by atoms with Crippen molar-refractivity contribution in [3.63, 3.8) is 0 Å². The molecule has 4 fully saturated rings. The molecule has 2 atom stereocenters. The maximum atomic E-state index is 12.6. The molecule has 0 radical (unpaired) electrons. The highest BCUT2D eigenvalue weighted by molar-refractivity contribution is 7.85. The van der Waals surface area contributed by atoms with Gasteiger partial charge in [0.2, 0.25) is 0 Å². The maximum absolute atomic E-state index is 12.6. The van der Waals surface area contributed by atoms with Gasteiger partial charge in [-0.1, -0.05) is 6.58 Å². The zero-order valence-electron chi connectivity index (χ0n) is 14.6. The lowest BCUT2D eigenvalue weighted by Crippen LogP contribution is -2.55. The summed E-state index contributed by atoms with van der Waals surface area (Å²) in [5, 5.41) is 0. The average Bonchev–Trinajstić information content (AvgIpc) is 2.47. The second-order valence-corrected chi connectivity index (χ2v) is 10.1. The zero-order valence-corrected chi connectivity index (χ0v) is 15.4. The lowest BCUT2D eigenvalue weighted by molar-refractivity contribution is -0.171. The molecule has 0 amide bonds. The fourth-order valence-electron chi connectivity index (χ4n) is 5.64. The van der Waals surface area contributed by atoms with Gasteiger partial charge >= 0.3 is 12.1 Å². The first-order valence-corrected chi connectivity index (χ1v) is 10.4. The van der Waals surface area contributed by atoms with Crippen LogP contribution in [0.4, 0.5) is 13.2 Å². The van der Waals surface area contributed by atoms with Crippen LogP contribution in [0.25, 0.3) is 0 Å². The van der Waals surface area contributed by atoms with Crippen molar-refractivity contribution in [3.8, 4) is 0 Å². The van der Waals surface area contributed by atoms with Crippen molar-refractivity contribution in [1.29, 1.82) is 0 Å². The number of hydrogen-bond acceptors (Lipinski definition) is 5. The summed E-state index contributed by atoms with van der Waals surface area (Å²) in [4.78, 5) is 11.7. The molecule has 4 bridgehead atoms. The Morgan fingerprint density at radius 2 is 1.62 bits per heavy atom. The normalized spacial score (nSPS) is 36.2. The molecule has 4 aliphatic carbocycles. The third kappa shape index (κ3) is 4.08.